The number of ether oxygens (including phenoxy) is 1. The van der Waals surface area contributed by atoms with E-state index in [2.05, 4.69) is 10.2 Å². The van der Waals surface area contributed by atoms with Gasteiger partial charge in [-0.05, 0) is 0 Å². The quantitative estimate of drug-likeness (QED) is 0.538. The van der Waals surface area contributed by atoms with Crippen LogP contribution < -0.4 is 0 Å². The second kappa shape index (κ2) is 1.80. The lowest BCUT2D eigenvalue weighted by molar-refractivity contribution is -0.114. The molecule has 1 aliphatic heterocycles. The second-order valence-corrected chi connectivity index (χ2v) is 1.96. The molecule has 0 bridgehead atoms. The molecule has 4 nitrogen and oxygen atoms in total. The molecule has 1 saturated heterocycles. The number of rotatable bonds is 1. The summed E-state index contributed by atoms with van der Waals surface area (Å²) in [4.78, 5) is 1.59. The maximum Gasteiger partial charge on any atom is 0.171 e. The van der Waals surface area contributed by atoms with Gasteiger partial charge in [-0.2, -0.15) is 15.0 Å². The summed E-state index contributed by atoms with van der Waals surface area (Å²) in [5.41, 5.74) is 0. The molecular formula is C5H7N3O. The number of hydrogen-bond acceptors (Lipinski definition) is 3. The third kappa shape index (κ3) is 0.712. The zero-order valence-electron chi connectivity index (χ0n) is 4.90. The third-order valence-corrected chi connectivity index (χ3v) is 1.37. The molecule has 2 heterocycles. The Morgan fingerprint density at radius 2 is 2.11 bits per heavy atom. The lowest BCUT2D eigenvalue weighted by Crippen LogP contribution is -2.26. The SMILES string of the molecule is c1cnn(C2CCO2)n1. The van der Waals surface area contributed by atoms with Gasteiger partial charge in [0.05, 0.1) is 19.0 Å². The van der Waals surface area contributed by atoms with E-state index < -0.39 is 0 Å². The first kappa shape index (κ1) is 4.93. The number of aromatic nitrogens is 3. The molecule has 1 aromatic rings. The highest BCUT2D eigenvalue weighted by atomic mass is 16.5. The first-order valence-electron chi connectivity index (χ1n) is 2.94. The molecule has 1 atom stereocenters. The summed E-state index contributed by atoms with van der Waals surface area (Å²) in [6.07, 6.45) is 4.46. The fraction of sp³-hybridized carbons (Fsp3) is 0.600. The molecule has 1 unspecified atom stereocenters. The highest BCUT2D eigenvalue weighted by molar-refractivity contribution is 4.65. The maximum atomic E-state index is 5.11. The van der Waals surface area contributed by atoms with Crippen molar-refractivity contribution in [1.29, 1.82) is 0 Å². The average Bonchev–Trinajstić information content (AvgIpc) is 2.11. The van der Waals surface area contributed by atoms with E-state index in [0.717, 1.165) is 13.0 Å². The van der Waals surface area contributed by atoms with E-state index in [1.807, 2.05) is 0 Å². The van der Waals surface area contributed by atoms with Gasteiger partial charge in [0.1, 0.15) is 0 Å². The van der Waals surface area contributed by atoms with Crippen LogP contribution in [-0.4, -0.2) is 21.6 Å². The summed E-state index contributed by atoms with van der Waals surface area (Å²) in [6.45, 7) is 0.839. The van der Waals surface area contributed by atoms with Gasteiger partial charge in [-0.25, -0.2) is 0 Å². The van der Waals surface area contributed by atoms with Crippen LogP contribution in [0, 0.1) is 0 Å². The molecule has 1 fully saturated rings. The smallest absolute Gasteiger partial charge is 0.171 e. The van der Waals surface area contributed by atoms with Crippen LogP contribution >= 0.6 is 0 Å². The summed E-state index contributed by atoms with van der Waals surface area (Å²) >= 11 is 0. The largest absolute Gasteiger partial charge is 0.354 e. The van der Waals surface area contributed by atoms with Crippen LogP contribution in [0.25, 0.3) is 0 Å². The van der Waals surface area contributed by atoms with E-state index in [9.17, 15) is 0 Å². The lowest BCUT2D eigenvalue weighted by Gasteiger charge is -2.24. The summed E-state index contributed by atoms with van der Waals surface area (Å²) < 4.78 is 5.11. The van der Waals surface area contributed by atoms with Crippen LogP contribution in [0.3, 0.4) is 0 Å². The molecule has 0 spiro atoms. The molecule has 2 rings (SSSR count). The Labute approximate surface area is 52.4 Å². The first-order chi connectivity index (χ1) is 4.47. The predicted octanol–water partition coefficient (Wildman–Crippen LogP) is 0.197. The molecule has 0 N–H and O–H groups in total. The lowest BCUT2D eigenvalue weighted by atomic mass is 10.3. The monoisotopic (exact) mass is 125 g/mol. The Morgan fingerprint density at radius 3 is 2.56 bits per heavy atom. The van der Waals surface area contributed by atoms with Gasteiger partial charge < -0.3 is 4.74 Å². The van der Waals surface area contributed by atoms with E-state index in [0.29, 0.717) is 0 Å². The van der Waals surface area contributed by atoms with Crippen LogP contribution in [0.1, 0.15) is 12.6 Å². The van der Waals surface area contributed by atoms with E-state index in [1.54, 1.807) is 17.2 Å². The van der Waals surface area contributed by atoms with Crippen molar-refractivity contribution in [3.63, 3.8) is 0 Å². The third-order valence-electron chi connectivity index (χ3n) is 1.37. The minimum absolute atomic E-state index is 0.111. The molecule has 0 amide bonds. The zero-order chi connectivity index (χ0) is 6.10. The fourth-order valence-corrected chi connectivity index (χ4v) is 0.780. The molecule has 0 radical (unpaired) electrons. The van der Waals surface area contributed by atoms with E-state index in [1.165, 1.54) is 0 Å². The highest BCUT2D eigenvalue weighted by Gasteiger charge is 2.20. The van der Waals surface area contributed by atoms with Crippen molar-refractivity contribution in [1.82, 2.24) is 15.0 Å². The Kier molecular flexibility index (Phi) is 0.989. The van der Waals surface area contributed by atoms with Gasteiger partial charge in [0.2, 0.25) is 0 Å². The Balaban J connectivity index is 2.14. The predicted molar refractivity (Wildman–Crippen MR) is 29.6 cm³/mol. The van der Waals surface area contributed by atoms with E-state index >= 15 is 0 Å². The van der Waals surface area contributed by atoms with Crippen LogP contribution in [0.5, 0.6) is 0 Å². The molecule has 9 heavy (non-hydrogen) atoms. The first-order valence-corrected chi connectivity index (χ1v) is 2.94. The fourth-order valence-electron chi connectivity index (χ4n) is 0.780. The normalized spacial score (nSPS) is 25.6. The number of nitrogens with zero attached hydrogens (tertiary/aromatic N) is 3. The minimum atomic E-state index is 0.111. The van der Waals surface area contributed by atoms with Gasteiger partial charge in [-0.3, -0.25) is 0 Å². The topological polar surface area (TPSA) is 39.9 Å². The Morgan fingerprint density at radius 1 is 1.44 bits per heavy atom. The van der Waals surface area contributed by atoms with Crippen molar-refractivity contribution >= 4 is 0 Å². The van der Waals surface area contributed by atoms with Crippen molar-refractivity contribution in [2.75, 3.05) is 6.61 Å². The summed E-state index contributed by atoms with van der Waals surface area (Å²) in [5.74, 6) is 0. The molecule has 48 valence electrons. The van der Waals surface area contributed by atoms with Crippen molar-refractivity contribution < 1.29 is 4.74 Å². The average molecular weight is 125 g/mol. The van der Waals surface area contributed by atoms with Crippen LogP contribution in [0.2, 0.25) is 0 Å². The summed E-state index contributed by atoms with van der Waals surface area (Å²) in [7, 11) is 0. The minimum Gasteiger partial charge on any atom is -0.354 e. The molecular weight excluding hydrogens is 118 g/mol. The van der Waals surface area contributed by atoms with E-state index in [-0.39, 0.29) is 6.23 Å². The molecule has 0 aromatic carbocycles. The van der Waals surface area contributed by atoms with Crippen LogP contribution in [0.4, 0.5) is 0 Å². The van der Waals surface area contributed by atoms with Crippen molar-refractivity contribution in [3.05, 3.63) is 12.4 Å². The van der Waals surface area contributed by atoms with Gasteiger partial charge >= 0.3 is 0 Å². The van der Waals surface area contributed by atoms with Gasteiger partial charge in [-0.15, -0.1) is 0 Å². The zero-order valence-corrected chi connectivity index (χ0v) is 4.90. The highest BCUT2D eigenvalue weighted by Crippen LogP contribution is 2.19. The van der Waals surface area contributed by atoms with Crippen molar-refractivity contribution in [2.24, 2.45) is 0 Å². The van der Waals surface area contributed by atoms with Crippen LogP contribution in [-0.2, 0) is 4.74 Å². The number of hydrogen-bond donors (Lipinski definition) is 0. The van der Waals surface area contributed by atoms with Gasteiger partial charge in [-0.1, -0.05) is 0 Å². The summed E-state index contributed by atoms with van der Waals surface area (Å²) in [5, 5.41) is 7.84. The van der Waals surface area contributed by atoms with Gasteiger partial charge in [0.25, 0.3) is 0 Å². The van der Waals surface area contributed by atoms with Crippen LogP contribution in [0.15, 0.2) is 12.4 Å². The maximum absolute atomic E-state index is 5.11. The van der Waals surface area contributed by atoms with Gasteiger partial charge in [0.15, 0.2) is 6.23 Å². The molecule has 0 saturated carbocycles. The van der Waals surface area contributed by atoms with Crippen molar-refractivity contribution in [2.45, 2.75) is 12.6 Å². The molecule has 1 aromatic heterocycles. The Bertz CT molecular complexity index is 180. The molecule has 1 aliphatic rings. The standard InChI is InChI=1S/C5H7N3O/c1-4-9-5(1)8-6-2-3-7-8/h2-3,5H,1,4H2. The molecule has 0 aliphatic carbocycles. The second-order valence-electron chi connectivity index (χ2n) is 1.96. The van der Waals surface area contributed by atoms with E-state index in [4.69, 9.17) is 4.74 Å². The summed E-state index contributed by atoms with van der Waals surface area (Å²) in [6, 6.07) is 0. The Hall–Kier alpha value is -0.900. The van der Waals surface area contributed by atoms with Crippen molar-refractivity contribution in [3.8, 4) is 0 Å². The molecule has 4 heteroatoms. The van der Waals surface area contributed by atoms with Gasteiger partial charge in [0, 0.05) is 6.42 Å².